The first-order valence-electron chi connectivity index (χ1n) is 10.0. The summed E-state index contributed by atoms with van der Waals surface area (Å²) in [6.45, 7) is 3.80. The van der Waals surface area contributed by atoms with E-state index >= 15 is 0 Å². The SMILES string of the molecule is CCCCCCCCCC(=O)Nc1ccc(S(=O)(=O)N2CCOCC2)cc1. The Bertz CT molecular complexity index is 668. The van der Waals surface area contributed by atoms with Crippen LogP contribution in [0.2, 0.25) is 0 Å². The number of benzene rings is 1. The number of carbonyl (C=O) groups is 1. The Hall–Kier alpha value is -1.44. The summed E-state index contributed by atoms with van der Waals surface area (Å²) in [5.74, 6) is -0.0210. The lowest BCUT2D eigenvalue weighted by atomic mass is 10.1. The molecule has 2 rings (SSSR count). The predicted octanol–water partition coefficient (Wildman–Crippen LogP) is 3.79. The normalized spacial score (nSPS) is 15.6. The number of unbranched alkanes of at least 4 members (excludes halogenated alkanes) is 6. The van der Waals surface area contributed by atoms with Crippen LogP contribution in [-0.4, -0.2) is 44.9 Å². The van der Waals surface area contributed by atoms with Gasteiger partial charge in [-0.1, -0.05) is 45.4 Å². The van der Waals surface area contributed by atoms with Gasteiger partial charge in [0.05, 0.1) is 18.1 Å². The number of hydrogen-bond donors (Lipinski definition) is 1. The molecule has 1 aromatic carbocycles. The molecule has 1 aromatic rings. The van der Waals surface area contributed by atoms with Crippen LogP contribution >= 0.6 is 0 Å². The van der Waals surface area contributed by atoms with Gasteiger partial charge in [-0.25, -0.2) is 8.42 Å². The van der Waals surface area contributed by atoms with E-state index in [-0.39, 0.29) is 10.8 Å². The van der Waals surface area contributed by atoms with Crippen LogP contribution in [0.4, 0.5) is 5.69 Å². The number of nitrogens with zero attached hydrogens (tertiary/aromatic N) is 1. The highest BCUT2D eigenvalue weighted by Gasteiger charge is 2.26. The zero-order valence-corrected chi connectivity index (χ0v) is 17.1. The molecular formula is C20H32N2O4S. The predicted molar refractivity (Wildman–Crippen MR) is 107 cm³/mol. The van der Waals surface area contributed by atoms with E-state index in [9.17, 15) is 13.2 Å². The number of morpholine rings is 1. The van der Waals surface area contributed by atoms with Gasteiger partial charge in [0, 0.05) is 25.2 Å². The molecular weight excluding hydrogens is 364 g/mol. The number of sulfonamides is 1. The molecule has 0 spiro atoms. The summed E-state index contributed by atoms with van der Waals surface area (Å²) in [5, 5.41) is 2.84. The second-order valence-corrected chi connectivity index (χ2v) is 8.90. The lowest BCUT2D eigenvalue weighted by Gasteiger charge is -2.26. The molecule has 0 unspecified atom stereocenters. The average molecular weight is 397 g/mol. The Morgan fingerprint density at radius 3 is 2.22 bits per heavy atom. The lowest BCUT2D eigenvalue weighted by Crippen LogP contribution is -2.40. The quantitative estimate of drug-likeness (QED) is 0.578. The van der Waals surface area contributed by atoms with Crippen LogP contribution in [-0.2, 0) is 19.6 Å². The molecule has 0 aliphatic carbocycles. The van der Waals surface area contributed by atoms with E-state index in [1.165, 1.54) is 36.4 Å². The second-order valence-electron chi connectivity index (χ2n) is 6.96. The summed E-state index contributed by atoms with van der Waals surface area (Å²) < 4.78 is 31.8. The van der Waals surface area contributed by atoms with Gasteiger partial charge in [0.2, 0.25) is 15.9 Å². The van der Waals surface area contributed by atoms with Crippen molar-refractivity contribution in [3.05, 3.63) is 24.3 Å². The van der Waals surface area contributed by atoms with Crippen molar-refractivity contribution in [2.24, 2.45) is 0 Å². The zero-order valence-electron chi connectivity index (χ0n) is 16.3. The van der Waals surface area contributed by atoms with Crippen LogP contribution in [0.3, 0.4) is 0 Å². The number of rotatable bonds is 11. The maximum Gasteiger partial charge on any atom is 0.243 e. The number of hydrogen-bond acceptors (Lipinski definition) is 4. The fourth-order valence-electron chi connectivity index (χ4n) is 3.11. The first kappa shape index (κ1) is 21.9. The molecule has 1 saturated heterocycles. The van der Waals surface area contributed by atoms with Crippen molar-refractivity contribution in [3.8, 4) is 0 Å². The van der Waals surface area contributed by atoms with Crippen LogP contribution in [0.5, 0.6) is 0 Å². The molecule has 1 N–H and O–H groups in total. The van der Waals surface area contributed by atoms with Crippen molar-refractivity contribution in [1.29, 1.82) is 0 Å². The molecule has 0 atom stereocenters. The minimum Gasteiger partial charge on any atom is -0.379 e. The third-order valence-corrected chi connectivity index (χ3v) is 6.67. The largest absolute Gasteiger partial charge is 0.379 e. The van der Waals surface area contributed by atoms with Gasteiger partial charge in [-0.2, -0.15) is 4.31 Å². The number of carbonyl (C=O) groups excluding carboxylic acids is 1. The van der Waals surface area contributed by atoms with Crippen LogP contribution in [0.25, 0.3) is 0 Å². The fourth-order valence-corrected chi connectivity index (χ4v) is 4.52. The summed E-state index contributed by atoms with van der Waals surface area (Å²) in [7, 11) is -3.49. The van der Waals surface area contributed by atoms with Crippen molar-refractivity contribution in [2.75, 3.05) is 31.6 Å². The van der Waals surface area contributed by atoms with Crippen LogP contribution < -0.4 is 5.32 Å². The van der Waals surface area contributed by atoms with E-state index in [0.717, 1.165) is 12.8 Å². The molecule has 0 saturated carbocycles. The van der Waals surface area contributed by atoms with Gasteiger partial charge in [-0.15, -0.1) is 0 Å². The molecule has 1 heterocycles. The van der Waals surface area contributed by atoms with Crippen molar-refractivity contribution in [3.63, 3.8) is 0 Å². The maximum atomic E-state index is 12.6. The van der Waals surface area contributed by atoms with Gasteiger partial charge in [0.1, 0.15) is 0 Å². The molecule has 152 valence electrons. The molecule has 1 amide bonds. The summed E-state index contributed by atoms with van der Waals surface area (Å²) in [6, 6.07) is 6.40. The zero-order chi connectivity index (χ0) is 19.5. The summed E-state index contributed by atoms with van der Waals surface area (Å²) >= 11 is 0. The molecule has 1 aliphatic rings. The first-order chi connectivity index (χ1) is 13.0. The molecule has 0 bridgehead atoms. The molecule has 6 nitrogen and oxygen atoms in total. The molecule has 27 heavy (non-hydrogen) atoms. The van der Waals surface area contributed by atoms with E-state index in [0.29, 0.717) is 38.4 Å². The van der Waals surface area contributed by atoms with Crippen molar-refractivity contribution in [2.45, 2.75) is 63.2 Å². The van der Waals surface area contributed by atoms with E-state index < -0.39 is 10.0 Å². The van der Waals surface area contributed by atoms with Crippen molar-refractivity contribution >= 4 is 21.6 Å². The summed E-state index contributed by atoms with van der Waals surface area (Å²) in [5.41, 5.74) is 0.629. The molecule has 1 aliphatic heterocycles. The van der Waals surface area contributed by atoms with Crippen molar-refractivity contribution in [1.82, 2.24) is 4.31 Å². The minimum atomic E-state index is -3.49. The second kappa shape index (κ2) is 11.4. The van der Waals surface area contributed by atoms with Crippen LogP contribution in [0.15, 0.2) is 29.2 Å². The molecule has 7 heteroatoms. The summed E-state index contributed by atoms with van der Waals surface area (Å²) in [6.07, 6.45) is 8.71. The number of anilines is 1. The minimum absolute atomic E-state index is 0.0210. The van der Waals surface area contributed by atoms with Gasteiger partial charge in [0.25, 0.3) is 0 Å². The van der Waals surface area contributed by atoms with Gasteiger partial charge >= 0.3 is 0 Å². The van der Waals surface area contributed by atoms with Crippen LogP contribution in [0.1, 0.15) is 58.3 Å². The van der Waals surface area contributed by atoms with Crippen LogP contribution in [0, 0.1) is 0 Å². The number of amides is 1. The van der Waals surface area contributed by atoms with E-state index in [4.69, 9.17) is 4.74 Å². The third kappa shape index (κ3) is 7.24. The number of nitrogens with one attached hydrogen (secondary N) is 1. The Balaban J connectivity index is 1.75. The first-order valence-corrected chi connectivity index (χ1v) is 11.5. The average Bonchev–Trinajstić information content (AvgIpc) is 2.68. The van der Waals surface area contributed by atoms with Crippen molar-refractivity contribution < 1.29 is 17.9 Å². The highest BCUT2D eigenvalue weighted by Crippen LogP contribution is 2.19. The molecule has 1 fully saturated rings. The third-order valence-electron chi connectivity index (χ3n) is 4.75. The Labute approximate surface area is 163 Å². The lowest BCUT2D eigenvalue weighted by molar-refractivity contribution is -0.116. The Kier molecular flexibility index (Phi) is 9.24. The number of ether oxygens (including phenoxy) is 1. The van der Waals surface area contributed by atoms with Gasteiger partial charge in [-0.05, 0) is 30.7 Å². The van der Waals surface area contributed by atoms with Gasteiger partial charge in [-0.3, -0.25) is 4.79 Å². The molecule has 0 aromatic heterocycles. The summed E-state index contributed by atoms with van der Waals surface area (Å²) in [4.78, 5) is 12.3. The topological polar surface area (TPSA) is 75.7 Å². The van der Waals surface area contributed by atoms with Gasteiger partial charge in [0.15, 0.2) is 0 Å². The fraction of sp³-hybridized carbons (Fsp3) is 0.650. The smallest absolute Gasteiger partial charge is 0.243 e. The highest BCUT2D eigenvalue weighted by atomic mass is 32.2. The highest BCUT2D eigenvalue weighted by molar-refractivity contribution is 7.89. The maximum absolute atomic E-state index is 12.6. The van der Waals surface area contributed by atoms with E-state index in [2.05, 4.69) is 12.2 Å². The Morgan fingerprint density at radius 2 is 1.59 bits per heavy atom. The monoisotopic (exact) mass is 396 g/mol. The molecule has 0 radical (unpaired) electrons. The Morgan fingerprint density at radius 1 is 1.00 bits per heavy atom. The van der Waals surface area contributed by atoms with Gasteiger partial charge < -0.3 is 10.1 Å². The standard InChI is InChI=1S/C20H32N2O4S/c1-2-3-4-5-6-7-8-9-20(23)21-18-10-12-19(13-11-18)27(24,25)22-14-16-26-17-15-22/h10-13H,2-9,14-17H2,1H3,(H,21,23). The van der Waals surface area contributed by atoms with E-state index in [1.807, 2.05) is 0 Å². The van der Waals surface area contributed by atoms with E-state index in [1.54, 1.807) is 24.3 Å².